The lowest BCUT2D eigenvalue weighted by Crippen LogP contribution is -2.42. The molecule has 1 heterocycles. The standard InChI is InChI=1S/C24H29FN2O3/c1-17(2)30-16-19-5-3-4-18(14-19)15-26-23(28)20-10-12-27(13-11-20)24(29)21-6-8-22(25)9-7-21/h3-9,14,17,20H,10-13,15-16H2,1-2H3,(H,26,28). The van der Waals surface area contributed by atoms with Crippen LogP contribution >= 0.6 is 0 Å². The molecule has 6 heteroatoms. The van der Waals surface area contributed by atoms with Gasteiger partial charge in [-0.3, -0.25) is 9.59 Å². The van der Waals surface area contributed by atoms with Crippen molar-refractivity contribution in [2.75, 3.05) is 13.1 Å². The van der Waals surface area contributed by atoms with Crippen LogP contribution in [0.15, 0.2) is 48.5 Å². The Balaban J connectivity index is 1.46. The van der Waals surface area contributed by atoms with E-state index >= 15 is 0 Å². The lowest BCUT2D eigenvalue weighted by molar-refractivity contribution is -0.126. The normalized spacial score (nSPS) is 14.7. The van der Waals surface area contributed by atoms with Crippen LogP contribution in [-0.2, 0) is 22.7 Å². The second-order valence-electron chi connectivity index (χ2n) is 7.97. The number of hydrogen-bond donors (Lipinski definition) is 1. The summed E-state index contributed by atoms with van der Waals surface area (Å²) < 4.78 is 18.7. The number of rotatable bonds is 7. The van der Waals surface area contributed by atoms with E-state index in [0.717, 1.165) is 11.1 Å². The summed E-state index contributed by atoms with van der Waals surface area (Å²) >= 11 is 0. The Morgan fingerprint density at radius 3 is 2.43 bits per heavy atom. The summed E-state index contributed by atoms with van der Waals surface area (Å²) in [6.07, 6.45) is 1.43. The second kappa shape index (κ2) is 10.3. The molecule has 0 bridgehead atoms. The van der Waals surface area contributed by atoms with Crippen LogP contribution < -0.4 is 5.32 Å². The van der Waals surface area contributed by atoms with Gasteiger partial charge in [0.15, 0.2) is 0 Å². The molecule has 0 aliphatic carbocycles. The number of benzene rings is 2. The Labute approximate surface area is 177 Å². The first-order chi connectivity index (χ1) is 14.4. The number of carbonyl (C=O) groups is 2. The Kier molecular flexibility index (Phi) is 7.57. The largest absolute Gasteiger partial charge is 0.374 e. The Morgan fingerprint density at radius 2 is 1.77 bits per heavy atom. The highest BCUT2D eigenvalue weighted by Crippen LogP contribution is 2.20. The van der Waals surface area contributed by atoms with Gasteiger partial charge >= 0.3 is 0 Å². The highest BCUT2D eigenvalue weighted by molar-refractivity contribution is 5.94. The van der Waals surface area contributed by atoms with Gasteiger partial charge in [0.2, 0.25) is 5.91 Å². The molecule has 0 unspecified atom stereocenters. The Hall–Kier alpha value is -2.73. The van der Waals surface area contributed by atoms with Gasteiger partial charge in [-0.1, -0.05) is 24.3 Å². The number of halogens is 1. The van der Waals surface area contributed by atoms with Gasteiger partial charge in [-0.15, -0.1) is 0 Å². The predicted molar refractivity (Wildman–Crippen MR) is 113 cm³/mol. The van der Waals surface area contributed by atoms with E-state index in [-0.39, 0.29) is 29.7 Å². The third-order valence-corrected chi connectivity index (χ3v) is 5.29. The number of ether oxygens (including phenoxy) is 1. The van der Waals surface area contributed by atoms with Crippen LogP contribution in [0, 0.1) is 11.7 Å². The molecule has 0 spiro atoms. The number of likely N-dealkylation sites (tertiary alicyclic amines) is 1. The second-order valence-corrected chi connectivity index (χ2v) is 7.97. The molecule has 3 rings (SSSR count). The van der Waals surface area contributed by atoms with Gasteiger partial charge < -0.3 is 15.0 Å². The summed E-state index contributed by atoms with van der Waals surface area (Å²) in [5.74, 6) is -0.559. The van der Waals surface area contributed by atoms with E-state index in [1.54, 1.807) is 4.90 Å². The molecule has 2 amide bonds. The molecule has 0 aromatic heterocycles. The summed E-state index contributed by atoms with van der Waals surface area (Å²) in [5, 5.41) is 3.02. The lowest BCUT2D eigenvalue weighted by atomic mass is 9.95. The van der Waals surface area contributed by atoms with Crippen LogP contribution in [-0.4, -0.2) is 35.9 Å². The Morgan fingerprint density at radius 1 is 1.10 bits per heavy atom. The van der Waals surface area contributed by atoms with E-state index in [0.29, 0.717) is 44.6 Å². The topological polar surface area (TPSA) is 58.6 Å². The summed E-state index contributed by atoms with van der Waals surface area (Å²) in [5.41, 5.74) is 2.60. The van der Waals surface area contributed by atoms with Crippen LogP contribution in [0.2, 0.25) is 0 Å². The molecule has 0 saturated carbocycles. The zero-order valence-corrected chi connectivity index (χ0v) is 17.6. The number of carbonyl (C=O) groups excluding carboxylic acids is 2. The van der Waals surface area contributed by atoms with E-state index < -0.39 is 0 Å². The van der Waals surface area contributed by atoms with Gasteiger partial charge in [0.1, 0.15) is 5.82 Å². The van der Waals surface area contributed by atoms with E-state index in [9.17, 15) is 14.0 Å². The number of amides is 2. The van der Waals surface area contributed by atoms with Gasteiger partial charge in [0, 0.05) is 31.1 Å². The molecule has 0 radical (unpaired) electrons. The molecule has 1 fully saturated rings. The summed E-state index contributed by atoms with van der Waals surface area (Å²) in [6, 6.07) is 13.6. The van der Waals surface area contributed by atoms with Crippen molar-refractivity contribution in [1.29, 1.82) is 0 Å². The fourth-order valence-electron chi connectivity index (χ4n) is 3.55. The molecular formula is C24H29FN2O3. The lowest BCUT2D eigenvalue weighted by Gasteiger charge is -2.31. The fourth-order valence-corrected chi connectivity index (χ4v) is 3.55. The van der Waals surface area contributed by atoms with E-state index in [4.69, 9.17) is 4.74 Å². The van der Waals surface area contributed by atoms with Gasteiger partial charge in [-0.25, -0.2) is 4.39 Å². The summed E-state index contributed by atoms with van der Waals surface area (Å²) in [4.78, 5) is 26.8. The molecule has 2 aromatic carbocycles. The first-order valence-corrected chi connectivity index (χ1v) is 10.4. The average molecular weight is 413 g/mol. The van der Waals surface area contributed by atoms with Crippen molar-refractivity contribution in [3.8, 4) is 0 Å². The average Bonchev–Trinajstić information content (AvgIpc) is 2.76. The van der Waals surface area contributed by atoms with Crippen molar-refractivity contribution < 1.29 is 18.7 Å². The van der Waals surface area contributed by atoms with E-state index in [2.05, 4.69) is 5.32 Å². The summed E-state index contributed by atoms with van der Waals surface area (Å²) in [7, 11) is 0. The fraction of sp³-hybridized carbons (Fsp3) is 0.417. The smallest absolute Gasteiger partial charge is 0.253 e. The molecule has 1 aliphatic rings. The number of nitrogens with one attached hydrogen (secondary N) is 1. The van der Waals surface area contributed by atoms with Crippen LogP contribution in [0.3, 0.4) is 0 Å². The maximum atomic E-state index is 13.0. The minimum atomic E-state index is -0.361. The number of hydrogen-bond acceptors (Lipinski definition) is 3. The van der Waals surface area contributed by atoms with Gasteiger partial charge in [0.05, 0.1) is 12.7 Å². The first kappa shape index (κ1) is 22.0. The van der Waals surface area contributed by atoms with E-state index in [1.807, 2.05) is 38.1 Å². The van der Waals surface area contributed by atoms with Crippen molar-refractivity contribution in [3.05, 3.63) is 71.0 Å². The SMILES string of the molecule is CC(C)OCc1cccc(CNC(=O)C2CCN(C(=O)c3ccc(F)cc3)CC2)c1. The molecule has 30 heavy (non-hydrogen) atoms. The summed E-state index contributed by atoms with van der Waals surface area (Å²) in [6.45, 7) is 6.08. The molecular weight excluding hydrogens is 383 g/mol. The Bertz CT molecular complexity index is 859. The van der Waals surface area contributed by atoms with Crippen LogP contribution in [0.25, 0.3) is 0 Å². The quantitative estimate of drug-likeness (QED) is 0.750. The van der Waals surface area contributed by atoms with Crippen molar-refractivity contribution >= 4 is 11.8 Å². The minimum Gasteiger partial charge on any atom is -0.374 e. The van der Waals surface area contributed by atoms with Gasteiger partial charge in [-0.2, -0.15) is 0 Å². The maximum absolute atomic E-state index is 13.0. The minimum absolute atomic E-state index is 0.0210. The van der Waals surface area contributed by atoms with Gasteiger partial charge in [0.25, 0.3) is 5.91 Å². The third kappa shape index (κ3) is 6.13. The molecule has 160 valence electrons. The first-order valence-electron chi connectivity index (χ1n) is 10.4. The zero-order chi connectivity index (χ0) is 21.5. The van der Waals surface area contributed by atoms with Crippen LogP contribution in [0.1, 0.15) is 48.2 Å². The molecule has 2 aromatic rings. The molecule has 5 nitrogen and oxygen atoms in total. The van der Waals surface area contributed by atoms with Crippen LogP contribution in [0.4, 0.5) is 4.39 Å². The molecule has 1 N–H and O–H groups in total. The number of nitrogens with zero attached hydrogens (tertiary/aromatic N) is 1. The molecule has 0 atom stereocenters. The molecule has 1 saturated heterocycles. The van der Waals surface area contributed by atoms with Crippen molar-refractivity contribution in [2.24, 2.45) is 5.92 Å². The van der Waals surface area contributed by atoms with Crippen LogP contribution in [0.5, 0.6) is 0 Å². The molecule has 1 aliphatic heterocycles. The predicted octanol–water partition coefficient (Wildman–Crippen LogP) is 3.92. The van der Waals surface area contributed by atoms with Crippen molar-refractivity contribution in [2.45, 2.75) is 45.9 Å². The highest BCUT2D eigenvalue weighted by atomic mass is 19.1. The maximum Gasteiger partial charge on any atom is 0.253 e. The van der Waals surface area contributed by atoms with E-state index in [1.165, 1.54) is 24.3 Å². The third-order valence-electron chi connectivity index (χ3n) is 5.29. The zero-order valence-electron chi connectivity index (χ0n) is 17.6. The van der Waals surface area contributed by atoms with Crippen molar-refractivity contribution in [1.82, 2.24) is 10.2 Å². The van der Waals surface area contributed by atoms with Gasteiger partial charge in [-0.05, 0) is 62.1 Å². The monoisotopic (exact) mass is 412 g/mol. The number of piperidine rings is 1. The highest BCUT2D eigenvalue weighted by Gasteiger charge is 2.27. The van der Waals surface area contributed by atoms with Crippen molar-refractivity contribution in [3.63, 3.8) is 0 Å².